The lowest BCUT2D eigenvalue weighted by Crippen LogP contribution is -2.47. The van der Waals surface area contributed by atoms with Gasteiger partial charge in [0.1, 0.15) is 5.69 Å². The molecule has 4 rings (SSSR count). The molecule has 1 spiro atoms. The number of amides is 1. The van der Waals surface area contributed by atoms with Crippen LogP contribution in [0.3, 0.4) is 0 Å². The summed E-state index contributed by atoms with van der Waals surface area (Å²) in [5, 5.41) is 0. The first-order chi connectivity index (χ1) is 11.8. The monoisotopic (exact) mass is 324 g/mol. The third-order valence-electron chi connectivity index (χ3n) is 4.72. The molecule has 2 saturated heterocycles. The first kappa shape index (κ1) is 15.3. The molecule has 0 aliphatic carbocycles. The minimum Gasteiger partial charge on any atom is -0.347 e. The number of nitrogens with zero attached hydrogens (tertiary/aromatic N) is 2. The smallest absolute Gasteiger partial charge is 0.272 e. The van der Waals surface area contributed by atoms with Crippen LogP contribution >= 0.6 is 0 Å². The Morgan fingerprint density at radius 2 is 1.67 bits per heavy atom. The highest BCUT2D eigenvalue weighted by Crippen LogP contribution is 2.31. The second-order valence-electron chi connectivity index (χ2n) is 6.20. The lowest BCUT2D eigenvalue weighted by Gasteiger charge is -2.37. The van der Waals surface area contributed by atoms with E-state index < -0.39 is 5.79 Å². The number of aromatic nitrogens is 1. The fourth-order valence-electron chi connectivity index (χ4n) is 3.32. The van der Waals surface area contributed by atoms with Gasteiger partial charge in [-0.1, -0.05) is 36.4 Å². The van der Waals surface area contributed by atoms with E-state index in [0.29, 0.717) is 32.0 Å². The molecule has 2 fully saturated rings. The molecule has 1 amide bonds. The summed E-state index contributed by atoms with van der Waals surface area (Å²) in [4.78, 5) is 18.8. The minimum atomic E-state index is -0.457. The molecule has 0 N–H and O–H groups in total. The Morgan fingerprint density at radius 1 is 0.958 bits per heavy atom. The third kappa shape index (κ3) is 2.92. The van der Waals surface area contributed by atoms with Gasteiger partial charge >= 0.3 is 0 Å². The number of hydrogen-bond donors (Lipinski definition) is 0. The van der Waals surface area contributed by atoms with Crippen LogP contribution in [-0.4, -0.2) is 47.9 Å². The minimum absolute atomic E-state index is 0.0255. The third-order valence-corrected chi connectivity index (χ3v) is 4.72. The topological polar surface area (TPSA) is 51.7 Å². The summed E-state index contributed by atoms with van der Waals surface area (Å²) >= 11 is 0. The van der Waals surface area contributed by atoms with Crippen LogP contribution < -0.4 is 0 Å². The first-order valence-electron chi connectivity index (χ1n) is 8.34. The highest BCUT2D eigenvalue weighted by molar-refractivity contribution is 5.92. The molecule has 1 aromatic heterocycles. The summed E-state index contributed by atoms with van der Waals surface area (Å²) in [5.41, 5.74) is 2.59. The molecule has 24 heavy (non-hydrogen) atoms. The van der Waals surface area contributed by atoms with Gasteiger partial charge in [0.05, 0.1) is 13.2 Å². The molecule has 2 aromatic rings. The number of piperidine rings is 1. The van der Waals surface area contributed by atoms with Crippen molar-refractivity contribution >= 4 is 5.91 Å². The van der Waals surface area contributed by atoms with Gasteiger partial charge in [-0.05, 0) is 11.6 Å². The molecule has 0 saturated carbocycles. The molecule has 0 radical (unpaired) electrons. The van der Waals surface area contributed by atoms with Crippen LogP contribution in [-0.2, 0) is 9.47 Å². The second kappa shape index (κ2) is 6.34. The molecule has 3 heterocycles. The Kier molecular flexibility index (Phi) is 4.04. The van der Waals surface area contributed by atoms with Crippen LogP contribution in [0.15, 0.2) is 48.7 Å². The predicted molar refractivity (Wildman–Crippen MR) is 89.4 cm³/mol. The van der Waals surface area contributed by atoms with Crippen LogP contribution in [0.2, 0.25) is 0 Å². The van der Waals surface area contributed by atoms with Gasteiger partial charge in [0.25, 0.3) is 5.91 Å². The fraction of sp³-hybridized carbons (Fsp3) is 0.368. The zero-order valence-corrected chi connectivity index (χ0v) is 13.5. The van der Waals surface area contributed by atoms with E-state index in [1.807, 2.05) is 41.3 Å². The summed E-state index contributed by atoms with van der Waals surface area (Å²) < 4.78 is 11.4. The van der Waals surface area contributed by atoms with Gasteiger partial charge in [0.2, 0.25) is 0 Å². The first-order valence-corrected chi connectivity index (χ1v) is 8.34. The Bertz CT molecular complexity index is 699. The zero-order valence-electron chi connectivity index (χ0n) is 13.5. The number of benzene rings is 1. The normalized spacial score (nSPS) is 19.6. The van der Waals surface area contributed by atoms with E-state index >= 15 is 0 Å². The van der Waals surface area contributed by atoms with Gasteiger partial charge in [-0.15, -0.1) is 0 Å². The molecule has 0 atom stereocenters. The molecule has 1 aromatic carbocycles. The van der Waals surface area contributed by atoms with Crippen LogP contribution in [0.4, 0.5) is 0 Å². The number of rotatable bonds is 2. The molecular formula is C19H20N2O3. The maximum absolute atomic E-state index is 12.6. The highest BCUT2D eigenvalue weighted by Gasteiger charge is 2.40. The van der Waals surface area contributed by atoms with E-state index in [9.17, 15) is 4.79 Å². The molecular weight excluding hydrogens is 304 g/mol. The van der Waals surface area contributed by atoms with Crippen molar-refractivity contribution in [2.75, 3.05) is 26.3 Å². The van der Waals surface area contributed by atoms with E-state index in [-0.39, 0.29) is 5.91 Å². The van der Waals surface area contributed by atoms with Gasteiger partial charge in [-0.2, -0.15) is 0 Å². The fourth-order valence-corrected chi connectivity index (χ4v) is 3.32. The summed E-state index contributed by atoms with van der Waals surface area (Å²) in [7, 11) is 0. The van der Waals surface area contributed by atoms with Gasteiger partial charge in [0, 0.05) is 37.7 Å². The average Bonchev–Trinajstić information content (AvgIpc) is 3.11. The maximum Gasteiger partial charge on any atom is 0.272 e. The molecule has 0 bridgehead atoms. The summed E-state index contributed by atoms with van der Waals surface area (Å²) in [5.74, 6) is -0.482. The molecule has 2 aliphatic heterocycles. The number of hydrogen-bond acceptors (Lipinski definition) is 4. The SMILES string of the molecule is O=C(c1ccc(-c2ccccc2)cn1)N1CCC2(CC1)OCCO2. The summed E-state index contributed by atoms with van der Waals surface area (Å²) in [6.07, 6.45) is 3.21. The summed E-state index contributed by atoms with van der Waals surface area (Å²) in [6, 6.07) is 13.8. The standard InChI is InChI=1S/C19H20N2O3/c22-18(21-10-8-19(9-11-21)23-12-13-24-19)17-7-6-16(14-20-17)15-4-2-1-3-5-15/h1-7,14H,8-13H2. The van der Waals surface area contributed by atoms with Gasteiger partial charge in [-0.3, -0.25) is 9.78 Å². The molecule has 2 aliphatic rings. The van der Waals surface area contributed by atoms with Crippen LogP contribution in [0.1, 0.15) is 23.3 Å². The van der Waals surface area contributed by atoms with Crippen molar-refractivity contribution < 1.29 is 14.3 Å². The van der Waals surface area contributed by atoms with Crippen molar-refractivity contribution in [1.82, 2.24) is 9.88 Å². The number of carbonyl (C=O) groups is 1. The number of carbonyl (C=O) groups excluding carboxylic acids is 1. The van der Waals surface area contributed by atoms with E-state index in [2.05, 4.69) is 4.98 Å². The zero-order chi connectivity index (χ0) is 16.4. The summed E-state index contributed by atoms with van der Waals surface area (Å²) in [6.45, 7) is 2.58. The van der Waals surface area contributed by atoms with Crippen molar-refractivity contribution in [2.24, 2.45) is 0 Å². The Balaban J connectivity index is 1.43. The van der Waals surface area contributed by atoms with Crippen molar-refractivity contribution in [3.05, 3.63) is 54.4 Å². The second-order valence-corrected chi connectivity index (χ2v) is 6.20. The van der Waals surface area contributed by atoms with E-state index in [4.69, 9.17) is 9.47 Å². The van der Waals surface area contributed by atoms with Crippen molar-refractivity contribution in [1.29, 1.82) is 0 Å². The van der Waals surface area contributed by atoms with Gasteiger partial charge in [0.15, 0.2) is 5.79 Å². The maximum atomic E-state index is 12.6. The molecule has 5 heteroatoms. The lowest BCUT2D eigenvalue weighted by molar-refractivity contribution is -0.181. The predicted octanol–water partition coefficient (Wildman–Crippen LogP) is 2.73. The Morgan fingerprint density at radius 3 is 2.29 bits per heavy atom. The quantitative estimate of drug-likeness (QED) is 0.852. The molecule has 0 unspecified atom stereocenters. The van der Waals surface area contributed by atoms with Gasteiger partial charge in [-0.25, -0.2) is 0 Å². The van der Waals surface area contributed by atoms with Crippen LogP contribution in [0.5, 0.6) is 0 Å². The molecule has 124 valence electrons. The van der Waals surface area contributed by atoms with E-state index in [1.54, 1.807) is 12.3 Å². The van der Waals surface area contributed by atoms with Crippen LogP contribution in [0, 0.1) is 0 Å². The van der Waals surface area contributed by atoms with E-state index in [0.717, 1.165) is 24.0 Å². The van der Waals surface area contributed by atoms with Crippen LogP contribution in [0.25, 0.3) is 11.1 Å². The Labute approximate surface area is 141 Å². The van der Waals surface area contributed by atoms with Crippen molar-refractivity contribution in [3.63, 3.8) is 0 Å². The van der Waals surface area contributed by atoms with E-state index in [1.165, 1.54) is 0 Å². The van der Waals surface area contributed by atoms with Crippen molar-refractivity contribution in [3.8, 4) is 11.1 Å². The highest BCUT2D eigenvalue weighted by atomic mass is 16.7. The largest absolute Gasteiger partial charge is 0.347 e. The number of pyridine rings is 1. The lowest BCUT2D eigenvalue weighted by atomic mass is 10.0. The van der Waals surface area contributed by atoms with Crippen molar-refractivity contribution in [2.45, 2.75) is 18.6 Å². The Hall–Kier alpha value is -2.24. The average molecular weight is 324 g/mol. The number of likely N-dealkylation sites (tertiary alicyclic amines) is 1. The number of ether oxygens (including phenoxy) is 2. The van der Waals surface area contributed by atoms with Gasteiger partial charge < -0.3 is 14.4 Å². The molecule has 5 nitrogen and oxygen atoms in total.